The molecular formula is C20H18BrN7O4. The maximum Gasteiger partial charge on any atom is 0.407 e. The zero-order chi connectivity index (χ0) is 22.4. The Morgan fingerprint density at radius 1 is 1.31 bits per heavy atom. The minimum Gasteiger partial charge on any atom is -0.465 e. The third-order valence-corrected chi connectivity index (χ3v) is 5.94. The first-order valence-electron chi connectivity index (χ1n) is 9.88. The number of amides is 2. The highest BCUT2D eigenvalue weighted by atomic mass is 79.9. The number of aromatic nitrogens is 4. The van der Waals surface area contributed by atoms with Crippen LogP contribution in [0.2, 0.25) is 0 Å². The molecule has 0 bridgehead atoms. The van der Waals surface area contributed by atoms with E-state index in [1.165, 1.54) is 11.1 Å². The van der Waals surface area contributed by atoms with E-state index < -0.39 is 12.0 Å². The summed E-state index contributed by atoms with van der Waals surface area (Å²) in [6, 6.07) is 6.85. The first kappa shape index (κ1) is 20.2. The summed E-state index contributed by atoms with van der Waals surface area (Å²) in [5, 5.41) is 16.9. The van der Waals surface area contributed by atoms with Gasteiger partial charge in [-0.3, -0.25) is 14.8 Å². The molecule has 0 spiro atoms. The molecule has 1 aromatic carbocycles. The van der Waals surface area contributed by atoms with Gasteiger partial charge in [0.2, 0.25) is 0 Å². The summed E-state index contributed by atoms with van der Waals surface area (Å²) < 4.78 is 8.11. The Balaban J connectivity index is 1.51. The third kappa shape index (κ3) is 3.51. The molecule has 32 heavy (non-hydrogen) atoms. The van der Waals surface area contributed by atoms with Crippen LogP contribution in [0, 0.1) is 0 Å². The van der Waals surface area contributed by atoms with E-state index in [1.54, 1.807) is 22.9 Å². The highest BCUT2D eigenvalue weighted by Crippen LogP contribution is 2.30. The van der Waals surface area contributed by atoms with Crippen molar-refractivity contribution < 1.29 is 19.1 Å². The second kappa shape index (κ2) is 7.79. The molecule has 164 valence electrons. The molecule has 1 fully saturated rings. The number of nitrogens with zero attached hydrogens (tertiary/aromatic N) is 5. The molecule has 1 saturated heterocycles. The van der Waals surface area contributed by atoms with Crippen LogP contribution in [-0.2, 0) is 0 Å². The predicted octanol–water partition coefficient (Wildman–Crippen LogP) is 3.48. The fourth-order valence-electron chi connectivity index (χ4n) is 3.99. The van der Waals surface area contributed by atoms with E-state index in [1.807, 2.05) is 6.07 Å². The number of anilines is 2. The number of carboxylic acid groups (broad SMARTS) is 1. The number of pyridine rings is 1. The SMILES string of the molecule is Nc1nccc2c1c(C(=O)Nc1nc3ccc(Br)cc3o1)nn2C1CCCN(C(=O)O)C1. The Morgan fingerprint density at radius 2 is 2.16 bits per heavy atom. The number of nitrogens with two attached hydrogens (primary N) is 1. The van der Waals surface area contributed by atoms with Crippen molar-refractivity contribution in [3.63, 3.8) is 0 Å². The maximum absolute atomic E-state index is 13.1. The van der Waals surface area contributed by atoms with E-state index in [2.05, 4.69) is 36.3 Å². The Bertz CT molecular complexity index is 1360. The number of hydrogen-bond acceptors (Lipinski definition) is 7. The number of oxazole rings is 1. The summed E-state index contributed by atoms with van der Waals surface area (Å²) in [6.45, 7) is 0.741. The molecule has 3 aromatic heterocycles. The van der Waals surface area contributed by atoms with Crippen LogP contribution in [0.4, 0.5) is 16.6 Å². The van der Waals surface area contributed by atoms with Crippen LogP contribution in [0.5, 0.6) is 0 Å². The molecule has 2 amide bonds. The van der Waals surface area contributed by atoms with Gasteiger partial charge >= 0.3 is 12.1 Å². The van der Waals surface area contributed by atoms with Crippen LogP contribution in [0.25, 0.3) is 22.0 Å². The second-order valence-electron chi connectivity index (χ2n) is 7.49. The minimum absolute atomic E-state index is 0.0305. The van der Waals surface area contributed by atoms with Crippen LogP contribution in [0.15, 0.2) is 39.4 Å². The van der Waals surface area contributed by atoms with E-state index in [0.717, 1.165) is 10.9 Å². The number of benzene rings is 1. The van der Waals surface area contributed by atoms with Crippen LogP contribution >= 0.6 is 15.9 Å². The van der Waals surface area contributed by atoms with Crippen molar-refractivity contribution in [3.05, 3.63) is 40.6 Å². The van der Waals surface area contributed by atoms with Gasteiger partial charge in [0.15, 0.2) is 11.3 Å². The summed E-state index contributed by atoms with van der Waals surface area (Å²) in [7, 11) is 0. The number of carbonyl (C=O) groups excluding carboxylic acids is 1. The highest BCUT2D eigenvalue weighted by Gasteiger charge is 2.29. The van der Waals surface area contributed by atoms with Gasteiger partial charge < -0.3 is 20.2 Å². The molecule has 1 aliphatic heterocycles. The van der Waals surface area contributed by atoms with Crippen LogP contribution < -0.4 is 11.1 Å². The first-order chi connectivity index (χ1) is 15.4. The fraction of sp³-hybridized carbons (Fsp3) is 0.250. The molecule has 4 aromatic rings. The normalized spacial score (nSPS) is 16.5. The molecule has 1 atom stereocenters. The lowest BCUT2D eigenvalue weighted by Gasteiger charge is -2.31. The summed E-state index contributed by atoms with van der Waals surface area (Å²) in [4.78, 5) is 34.3. The molecule has 5 rings (SSSR count). The summed E-state index contributed by atoms with van der Waals surface area (Å²) in [5.74, 6) is -0.392. The third-order valence-electron chi connectivity index (χ3n) is 5.45. The van der Waals surface area contributed by atoms with Crippen molar-refractivity contribution in [2.45, 2.75) is 18.9 Å². The van der Waals surface area contributed by atoms with Crippen molar-refractivity contribution in [2.75, 3.05) is 24.1 Å². The number of halogens is 1. The quantitative estimate of drug-likeness (QED) is 0.387. The summed E-state index contributed by atoms with van der Waals surface area (Å²) in [6.07, 6.45) is 1.98. The van der Waals surface area contributed by atoms with Crippen LogP contribution in [0.3, 0.4) is 0 Å². The minimum atomic E-state index is -0.979. The smallest absolute Gasteiger partial charge is 0.407 e. The number of piperidine rings is 1. The van der Waals surface area contributed by atoms with E-state index in [4.69, 9.17) is 10.2 Å². The number of nitrogens with one attached hydrogen (secondary N) is 1. The van der Waals surface area contributed by atoms with Gasteiger partial charge in [-0.2, -0.15) is 10.1 Å². The van der Waals surface area contributed by atoms with E-state index in [-0.39, 0.29) is 30.1 Å². The lowest BCUT2D eigenvalue weighted by molar-refractivity contribution is 0.101. The lowest BCUT2D eigenvalue weighted by atomic mass is 10.1. The Kier molecular flexibility index (Phi) is 4.93. The number of nitrogen functional groups attached to an aromatic ring is 1. The number of carbonyl (C=O) groups is 2. The first-order valence-corrected chi connectivity index (χ1v) is 10.7. The Morgan fingerprint density at radius 3 is 2.97 bits per heavy atom. The molecule has 11 nitrogen and oxygen atoms in total. The molecule has 4 N–H and O–H groups in total. The largest absolute Gasteiger partial charge is 0.465 e. The van der Waals surface area contributed by atoms with Crippen LogP contribution in [-0.4, -0.2) is 54.8 Å². The predicted molar refractivity (Wildman–Crippen MR) is 119 cm³/mol. The maximum atomic E-state index is 13.1. The van der Waals surface area contributed by atoms with Crippen molar-refractivity contribution in [3.8, 4) is 0 Å². The molecule has 0 aliphatic carbocycles. The molecule has 1 aliphatic rings. The number of fused-ring (bicyclic) bond motifs is 2. The van der Waals surface area contributed by atoms with Crippen molar-refractivity contribution in [1.82, 2.24) is 24.6 Å². The molecule has 0 saturated carbocycles. The second-order valence-corrected chi connectivity index (χ2v) is 8.41. The standard InChI is InChI=1S/C20H18BrN7O4/c21-10-3-4-12-14(8-10)32-19(24-12)25-18(29)16-15-13(5-6-23-17(15)22)28(26-16)11-2-1-7-27(9-11)20(30)31/h3-6,8,11H,1-2,7,9H2,(H2,22,23)(H,30,31)(H,24,25,29). The number of hydrogen-bond donors (Lipinski definition) is 3. The molecule has 1 unspecified atom stereocenters. The Labute approximate surface area is 189 Å². The summed E-state index contributed by atoms with van der Waals surface area (Å²) in [5.41, 5.74) is 7.88. The molecule has 4 heterocycles. The highest BCUT2D eigenvalue weighted by molar-refractivity contribution is 9.10. The average Bonchev–Trinajstić information content (AvgIpc) is 3.35. The van der Waals surface area contributed by atoms with Gasteiger partial charge in [-0.25, -0.2) is 9.78 Å². The van der Waals surface area contributed by atoms with Gasteiger partial charge in [0.25, 0.3) is 5.91 Å². The number of likely N-dealkylation sites (tertiary alicyclic amines) is 1. The van der Waals surface area contributed by atoms with Gasteiger partial charge in [-0.1, -0.05) is 15.9 Å². The van der Waals surface area contributed by atoms with E-state index in [0.29, 0.717) is 35.0 Å². The van der Waals surface area contributed by atoms with Gasteiger partial charge in [-0.05, 0) is 37.1 Å². The zero-order valence-electron chi connectivity index (χ0n) is 16.7. The van der Waals surface area contributed by atoms with Crippen LogP contribution in [0.1, 0.15) is 29.4 Å². The van der Waals surface area contributed by atoms with Gasteiger partial charge in [0, 0.05) is 23.8 Å². The molecule has 12 heteroatoms. The van der Waals surface area contributed by atoms with Crippen molar-refractivity contribution in [2.24, 2.45) is 0 Å². The van der Waals surface area contributed by atoms with Gasteiger partial charge in [-0.15, -0.1) is 0 Å². The monoisotopic (exact) mass is 499 g/mol. The lowest BCUT2D eigenvalue weighted by Crippen LogP contribution is -2.40. The van der Waals surface area contributed by atoms with Crippen molar-refractivity contribution in [1.29, 1.82) is 0 Å². The van der Waals surface area contributed by atoms with E-state index in [9.17, 15) is 14.7 Å². The number of rotatable bonds is 3. The van der Waals surface area contributed by atoms with Gasteiger partial charge in [0.1, 0.15) is 11.3 Å². The van der Waals surface area contributed by atoms with E-state index >= 15 is 0 Å². The summed E-state index contributed by atoms with van der Waals surface area (Å²) >= 11 is 3.37. The topological polar surface area (TPSA) is 152 Å². The average molecular weight is 500 g/mol. The van der Waals surface area contributed by atoms with Gasteiger partial charge in [0.05, 0.1) is 16.9 Å². The molecule has 0 radical (unpaired) electrons. The fourth-order valence-corrected chi connectivity index (χ4v) is 4.33. The zero-order valence-corrected chi connectivity index (χ0v) is 18.2. The Hall–Kier alpha value is -3.67. The van der Waals surface area contributed by atoms with Crippen molar-refractivity contribution >= 4 is 61.8 Å². The molecular weight excluding hydrogens is 482 g/mol.